The number of amides is 3. The molecule has 0 fully saturated rings. The first-order valence-electron chi connectivity index (χ1n) is 8.18. The van der Waals surface area contributed by atoms with Gasteiger partial charge in [0.15, 0.2) is 0 Å². The van der Waals surface area contributed by atoms with Crippen LogP contribution in [0.15, 0.2) is 30.3 Å². The monoisotopic (exact) mass is 321 g/mol. The lowest BCUT2D eigenvalue weighted by atomic mass is 10.2. The van der Waals surface area contributed by atoms with Crippen LogP contribution in [0.1, 0.15) is 38.2 Å². The molecule has 23 heavy (non-hydrogen) atoms. The lowest BCUT2D eigenvalue weighted by Gasteiger charge is -2.08. The van der Waals surface area contributed by atoms with E-state index in [1.807, 2.05) is 37.3 Å². The summed E-state index contributed by atoms with van der Waals surface area (Å²) in [4.78, 5) is 22.8. The quantitative estimate of drug-likeness (QED) is 0.580. The number of ether oxygens (including phenoxy) is 1. The van der Waals surface area contributed by atoms with Gasteiger partial charge < -0.3 is 20.7 Å². The molecule has 0 spiro atoms. The van der Waals surface area contributed by atoms with Crippen LogP contribution < -0.4 is 16.0 Å². The molecular formula is C17H27N3O3. The second kappa shape index (κ2) is 12.3. The van der Waals surface area contributed by atoms with E-state index in [0.717, 1.165) is 31.2 Å². The first kappa shape index (κ1) is 18.8. The van der Waals surface area contributed by atoms with Crippen LogP contribution in [0.2, 0.25) is 0 Å². The molecule has 1 aromatic carbocycles. The van der Waals surface area contributed by atoms with E-state index in [9.17, 15) is 9.59 Å². The maximum atomic E-state index is 11.5. The van der Waals surface area contributed by atoms with Crippen molar-refractivity contribution in [2.45, 2.75) is 39.2 Å². The highest BCUT2D eigenvalue weighted by Gasteiger charge is 2.02. The Hall–Kier alpha value is -2.24. The summed E-state index contributed by atoms with van der Waals surface area (Å²) >= 11 is 0. The van der Waals surface area contributed by atoms with Crippen LogP contribution in [0.4, 0.5) is 9.59 Å². The molecule has 6 heteroatoms. The van der Waals surface area contributed by atoms with Crippen LogP contribution in [0.5, 0.6) is 0 Å². The normalized spacial score (nSPS) is 9.96. The molecule has 0 unspecified atom stereocenters. The van der Waals surface area contributed by atoms with E-state index >= 15 is 0 Å². The standard InChI is InChI=1S/C17H27N3O3/c1-2-11-18-16(21)19-12-7-4-8-13-20-17(22)23-14-15-9-5-3-6-10-15/h3,5-6,9-10H,2,4,7-8,11-14H2,1H3,(H,20,22)(H2,18,19,21). The first-order valence-corrected chi connectivity index (χ1v) is 8.18. The third-order valence-electron chi connectivity index (χ3n) is 3.16. The second-order valence-corrected chi connectivity index (χ2v) is 5.23. The fourth-order valence-electron chi connectivity index (χ4n) is 1.89. The molecule has 0 aliphatic rings. The molecule has 0 bridgehead atoms. The maximum Gasteiger partial charge on any atom is 0.407 e. The van der Waals surface area contributed by atoms with Crippen LogP contribution in [0.25, 0.3) is 0 Å². The number of hydrogen-bond donors (Lipinski definition) is 3. The van der Waals surface area contributed by atoms with E-state index in [1.54, 1.807) is 0 Å². The van der Waals surface area contributed by atoms with Crippen LogP contribution in [-0.2, 0) is 11.3 Å². The van der Waals surface area contributed by atoms with Gasteiger partial charge >= 0.3 is 12.1 Å². The Bertz CT molecular complexity index is 452. The summed E-state index contributed by atoms with van der Waals surface area (Å²) in [6.07, 6.45) is 3.22. The topological polar surface area (TPSA) is 79.5 Å². The van der Waals surface area contributed by atoms with Crippen molar-refractivity contribution in [3.63, 3.8) is 0 Å². The van der Waals surface area contributed by atoms with Crippen molar-refractivity contribution in [3.05, 3.63) is 35.9 Å². The first-order chi connectivity index (χ1) is 11.2. The molecule has 6 nitrogen and oxygen atoms in total. The molecule has 0 aromatic heterocycles. The number of carbonyl (C=O) groups excluding carboxylic acids is 2. The van der Waals surface area contributed by atoms with Gasteiger partial charge in [-0.2, -0.15) is 0 Å². The molecule has 0 heterocycles. The van der Waals surface area contributed by atoms with E-state index in [-0.39, 0.29) is 12.6 Å². The largest absolute Gasteiger partial charge is 0.445 e. The average Bonchev–Trinajstić information content (AvgIpc) is 2.58. The lowest BCUT2D eigenvalue weighted by molar-refractivity contribution is 0.139. The molecule has 0 saturated heterocycles. The van der Waals surface area contributed by atoms with Crippen LogP contribution in [0, 0.1) is 0 Å². The van der Waals surface area contributed by atoms with Crippen molar-refractivity contribution < 1.29 is 14.3 Å². The maximum absolute atomic E-state index is 11.5. The number of benzene rings is 1. The molecule has 1 rings (SSSR count). The highest BCUT2D eigenvalue weighted by Crippen LogP contribution is 2.00. The van der Waals surface area contributed by atoms with Gasteiger partial charge in [0.2, 0.25) is 0 Å². The fraction of sp³-hybridized carbons (Fsp3) is 0.529. The molecule has 3 amide bonds. The molecule has 0 aliphatic heterocycles. The molecule has 0 radical (unpaired) electrons. The van der Waals surface area contributed by atoms with E-state index < -0.39 is 6.09 Å². The van der Waals surface area contributed by atoms with E-state index in [1.165, 1.54) is 0 Å². The van der Waals surface area contributed by atoms with Crippen molar-refractivity contribution >= 4 is 12.1 Å². The van der Waals surface area contributed by atoms with Gasteiger partial charge in [0.05, 0.1) is 0 Å². The molecule has 0 saturated carbocycles. The van der Waals surface area contributed by atoms with Gasteiger partial charge in [0, 0.05) is 19.6 Å². The fourth-order valence-corrected chi connectivity index (χ4v) is 1.89. The Labute approximate surface area is 138 Å². The minimum atomic E-state index is -0.397. The van der Waals surface area contributed by atoms with E-state index in [0.29, 0.717) is 19.6 Å². The highest BCUT2D eigenvalue weighted by molar-refractivity contribution is 5.73. The summed E-state index contributed by atoms with van der Waals surface area (Å²) in [6.45, 7) is 4.21. The Morgan fingerprint density at radius 2 is 1.57 bits per heavy atom. The average molecular weight is 321 g/mol. The van der Waals surface area contributed by atoms with Crippen molar-refractivity contribution in [1.82, 2.24) is 16.0 Å². The van der Waals surface area contributed by atoms with E-state index in [4.69, 9.17) is 4.74 Å². The van der Waals surface area contributed by atoms with Gasteiger partial charge in [-0.05, 0) is 31.2 Å². The molecule has 0 aliphatic carbocycles. The second-order valence-electron chi connectivity index (χ2n) is 5.23. The summed E-state index contributed by atoms with van der Waals surface area (Å²) in [7, 11) is 0. The van der Waals surface area contributed by atoms with Gasteiger partial charge in [-0.25, -0.2) is 9.59 Å². The number of urea groups is 1. The predicted octanol–water partition coefficient (Wildman–Crippen LogP) is 2.79. The Balaban J connectivity index is 1.92. The molecule has 1 aromatic rings. The van der Waals surface area contributed by atoms with Crippen molar-refractivity contribution in [1.29, 1.82) is 0 Å². The van der Waals surface area contributed by atoms with E-state index in [2.05, 4.69) is 16.0 Å². The third kappa shape index (κ3) is 10.2. The summed E-state index contributed by atoms with van der Waals surface area (Å²) in [5, 5.41) is 8.27. The number of alkyl carbamates (subject to hydrolysis) is 1. The van der Waals surface area contributed by atoms with Gasteiger partial charge in [-0.15, -0.1) is 0 Å². The van der Waals surface area contributed by atoms with Crippen LogP contribution in [0.3, 0.4) is 0 Å². The minimum Gasteiger partial charge on any atom is -0.445 e. The zero-order valence-electron chi connectivity index (χ0n) is 13.8. The number of carbonyl (C=O) groups is 2. The van der Waals surface area contributed by atoms with Crippen molar-refractivity contribution in [2.75, 3.05) is 19.6 Å². The van der Waals surface area contributed by atoms with Crippen LogP contribution >= 0.6 is 0 Å². The smallest absolute Gasteiger partial charge is 0.407 e. The molecule has 128 valence electrons. The molecular weight excluding hydrogens is 294 g/mol. The zero-order chi connectivity index (χ0) is 16.8. The van der Waals surface area contributed by atoms with Crippen molar-refractivity contribution in [3.8, 4) is 0 Å². The number of rotatable bonds is 10. The summed E-state index contributed by atoms with van der Waals surface area (Å²) < 4.78 is 5.11. The highest BCUT2D eigenvalue weighted by atomic mass is 16.5. The summed E-state index contributed by atoms with van der Waals surface area (Å²) in [6, 6.07) is 9.45. The SMILES string of the molecule is CCCNC(=O)NCCCCCNC(=O)OCc1ccccc1. The zero-order valence-corrected chi connectivity index (χ0v) is 13.8. The minimum absolute atomic E-state index is 0.116. The predicted molar refractivity (Wildman–Crippen MR) is 90.2 cm³/mol. The molecule has 0 atom stereocenters. The van der Waals surface area contributed by atoms with Gasteiger partial charge in [0.1, 0.15) is 6.61 Å². The Morgan fingerprint density at radius 3 is 2.26 bits per heavy atom. The van der Waals surface area contributed by atoms with Crippen LogP contribution in [-0.4, -0.2) is 31.8 Å². The van der Waals surface area contributed by atoms with Gasteiger partial charge in [-0.3, -0.25) is 0 Å². The molecule has 3 N–H and O–H groups in total. The number of nitrogens with one attached hydrogen (secondary N) is 3. The lowest BCUT2D eigenvalue weighted by Crippen LogP contribution is -2.36. The van der Waals surface area contributed by atoms with Gasteiger partial charge in [0.25, 0.3) is 0 Å². The summed E-state index contributed by atoms with van der Waals surface area (Å²) in [5.74, 6) is 0. The number of unbranched alkanes of at least 4 members (excludes halogenated alkanes) is 2. The van der Waals surface area contributed by atoms with Gasteiger partial charge in [-0.1, -0.05) is 37.3 Å². The Kier molecular flexibility index (Phi) is 10.1. The third-order valence-corrected chi connectivity index (χ3v) is 3.16. The Morgan fingerprint density at radius 1 is 0.913 bits per heavy atom. The number of hydrogen-bond acceptors (Lipinski definition) is 3. The van der Waals surface area contributed by atoms with Crippen molar-refractivity contribution in [2.24, 2.45) is 0 Å². The summed E-state index contributed by atoms with van der Waals surface area (Å²) in [5.41, 5.74) is 0.968.